The summed E-state index contributed by atoms with van der Waals surface area (Å²) in [5, 5.41) is 0. The summed E-state index contributed by atoms with van der Waals surface area (Å²) in [6, 6.07) is 6.01. The van der Waals surface area contributed by atoms with Crippen LogP contribution in [0.4, 0.5) is 0 Å². The zero-order valence-corrected chi connectivity index (χ0v) is 9.56. The molecule has 0 radical (unpaired) electrons. The molecule has 0 bridgehead atoms. The van der Waals surface area contributed by atoms with Crippen LogP contribution in [0.3, 0.4) is 0 Å². The third kappa shape index (κ3) is 2.72. The van der Waals surface area contributed by atoms with Gasteiger partial charge in [-0.2, -0.15) is 0 Å². The molecule has 64 valence electrons. The molecule has 1 aromatic carbocycles. The Hall–Kier alpha value is -0.150. The summed E-state index contributed by atoms with van der Waals surface area (Å²) in [4.78, 5) is 10.1. The molecule has 0 saturated heterocycles. The number of benzene rings is 1. The average Bonchev–Trinajstić information content (AvgIpc) is 2.07. The van der Waals surface area contributed by atoms with Gasteiger partial charge in [-0.3, -0.25) is 0 Å². The molecule has 0 spiro atoms. The highest BCUT2D eigenvalue weighted by atomic mass is 79.9. The van der Waals surface area contributed by atoms with Crippen molar-refractivity contribution in [3.63, 3.8) is 0 Å². The molecule has 1 aromatic rings. The van der Waals surface area contributed by atoms with E-state index >= 15 is 0 Å². The second-order valence-corrected chi connectivity index (χ2v) is 4.16. The molecule has 1 rings (SSSR count). The number of halogens is 2. The van der Waals surface area contributed by atoms with Crippen LogP contribution in [0, 0.1) is 0 Å². The smallest absolute Gasteiger partial charge is 0.120 e. The minimum absolute atomic E-state index is 0.591. The van der Waals surface area contributed by atoms with Crippen LogP contribution >= 0.6 is 31.9 Å². The first-order valence-electron chi connectivity index (χ1n) is 3.61. The predicted octanol–water partition coefficient (Wildman–Crippen LogP) is 3.34. The number of aryl methyl sites for hydroxylation is 1. The fourth-order valence-corrected chi connectivity index (χ4v) is 1.59. The van der Waals surface area contributed by atoms with Crippen LogP contribution in [0.5, 0.6) is 0 Å². The lowest BCUT2D eigenvalue weighted by molar-refractivity contribution is -0.107. The fraction of sp³-hybridized carbons (Fsp3) is 0.222. The van der Waals surface area contributed by atoms with Gasteiger partial charge in [0.25, 0.3) is 0 Å². The van der Waals surface area contributed by atoms with Crippen molar-refractivity contribution in [2.75, 3.05) is 0 Å². The van der Waals surface area contributed by atoms with E-state index in [0.717, 1.165) is 21.7 Å². The van der Waals surface area contributed by atoms with Crippen molar-refractivity contribution in [1.29, 1.82) is 0 Å². The van der Waals surface area contributed by atoms with Crippen LogP contribution in [0.25, 0.3) is 0 Å². The van der Waals surface area contributed by atoms with E-state index in [0.29, 0.717) is 6.42 Å². The van der Waals surface area contributed by atoms with Crippen LogP contribution in [0.15, 0.2) is 27.1 Å². The number of rotatable bonds is 3. The van der Waals surface area contributed by atoms with Gasteiger partial charge in [-0.15, -0.1) is 0 Å². The maximum atomic E-state index is 10.1. The Labute approximate surface area is 88.4 Å². The highest BCUT2D eigenvalue weighted by molar-refractivity contribution is 9.13. The monoisotopic (exact) mass is 290 g/mol. The molecule has 0 fully saturated rings. The molecular formula is C9H8Br2O. The van der Waals surface area contributed by atoms with Crippen LogP contribution < -0.4 is 0 Å². The largest absolute Gasteiger partial charge is 0.303 e. The van der Waals surface area contributed by atoms with Crippen LogP contribution in [0.2, 0.25) is 0 Å². The van der Waals surface area contributed by atoms with E-state index in [-0.39, 0.29) is 0 Å². The lowest BCUT2D eigenvalue weighted by atomic mass is 10.1. The zero-order valence-electron chi connectivity index (χ0n) is 6.39. The van der Waals surface area contributed by atoms with E-state index < -0.39 is 0 Å². The Balaban J connectivity index is 2.75. The van der Waals surface area contributed by atoms with Gasteiger partial charge in [-0.05, 0) is 56.0 Å². The molecule has 0 aliphatic rings. The topological polar surface area (TPSA) is 17.1 Å². The third-order valence-electron chi connectivity index (χ3n) is 1.53. The van der Waals surface area contributed by atoms with Crippen molar-refractivity contribution < 1.29 is 4.79 Å². The molecule has 0 aliphatic carbocycles. The average molecular weight is 292 g/mol. The van der Waals surface area contributed by atoms with E-state index in [1.165, 1.54) is 5.56 Å². The van der Waals surface area contributed by atoms with Crippen LogP contribution in [0.1, 0.15) is 12.0 Å². The predicted molar refractivity (Wildman–Crippen MR) is 56.2 cm³/mol. The van der Waals surface area contributed by atoms with Crippen LogP contribution in [-0.4, -0.2) is 6.29 Å². The van der Waals surface area contributed by atoms with Crippen molar-refractivity contribution in [3.05, 3.63) is 32.7 Å². The molecule has 0 aliphatic heterocycles. The Morgan fingerprint density at radius 1 is 1.25 bits per heavy atom. The van der Waals surface area contributed by atoms with Gasteiger partial charge < -0.3 is 4.79 Å². The maximum absolute atomic E-state index is 10.1. The van der Waals surface area contributed by atoms with Gasteiger partial charge in [0.2, 0.25) is 0 Å². The second-order valence-electron chi connectivity index (χ2n) is 2.45. The summed E-state index contributed by atoms with van der Waals surface area (Å²) in [5.41, 5.74) is 1.18. The number of carbonyl (C=O) groups is 1. The molecule has 0 saturated carbocycles. The molecule has 0 heterocycles. The Morgan fingerprint density at radius 2 is 2.00 bits per heavy atom. The summed E-state index contributed by atoms with van der Waals surface area (Å²) in [7, 11) is 0. The van der Waals surface area contributed by atoms with Gasteiger partial charge >= 0.3 is 0 Å². The summed E-state index contributed by atoms with van der Waals surface area (Å²) in [6.45, 7) is 0. The fourth-order valence-electron chi connectivity index (χ4n) is 0.921. The second kappa shape index (κ2) is 4.77. The summed E-state index contributed by atoms with van der Waals surface area (Å²) in [6.07, 6.45) is 2.35. The van der Waals surface area contributed by atoms with Crippen molar-refractivity contribution in [1.82, 2.24) is 0 Å². The molecule has 0 amide bonds. The first-order valence-corrected chi connectivity index (χ1v) is 5.20. The van der Waals surface area contributed by atoms with E-state index in [1.54, 1.807) is 0 Å². The van der Waals surface area contributed by atoms with Crippen molar-refractivity contribution in [2.45, 2.75) is 12.8 Å². The van der Waals surface area contributed by atoms with Gasteiger partial charge in [-0.1, -0.05) is 6.07 Å². The van der Waals surface area contributed by atoms with Crippen molar-refractivity contribution >= 4 is 38.1 Å². The maximum Gasteiger partial charge on any atom is 0.120 e. The number of hydrogen-bond acceptors (Lipinski definition) is 1. The quantitative estimate of drug-likeness (QED) is 0.781. The zero-order chi connectivity index (χ0) is 8.97. The van der Waals surface area contributed by atoms with Gasteiger partial charge in [-0.25, -0.2) is 0 Å². The normalized spacial score (nSPS) is 9.83. The SMILES string of the molecule is O=CCCc1ccc(Br)c(Br)c1. The number of carbonyl (C=O) groups excluding carboxylic acids is 1. The minimum atomic E-state index is 0.591. The third-order valence-corrected chi connectivity index (χ3v) is 3.41. The lowest BCUT2D eigenvalue weighted by Crippen LogP contribution is -1.85. The highest BCUT2D eigenvalue weighted by Crippen LogP contribution is 2.24. The highest BCUT2D eigenvalue weighted by Gasteiger charge is 1.97. The molecule has 0 aromatic heterocycles. The van der Waals surface area contributed by atoms with Gasteiger partial charge in [0.15, 0.2) is 0 Å². The van der Waals surface area contributed by atoms with Crippen LogP contribution in [-0.2, 0) is 11.2 Å². The van der Waals surface area contributed by atoms with Crippen molar-refractivity contribution in [3.8, 4) is 0 Å². The molecule has 1 nitrogen and oxygen atoms in total. The molecular weight excluding hydrogens is 284 g/mol. The summed E-state index contributed by atoms with van der Waals surface area (Å²) >= 11 is 6.78. The van der Waals surface area contributed by atoms with Crippen molar-refractivity contribution in [2.24, 2.45) is 0 Å². The summed E-state index contributed by atoms with van der Waals surface area (Å²) < 4.78 is 2.07. The van der Waals surface area contributed by atoms with E-state index in [2.05, 4.69) is 31.9 Å². The van der Waals surface area contributed by atoms with E-state index in [4.69, 9.17) is 0 Å². The first kappa shape index (κ1) is 9.93. The molecule has 12 heavy (non-hydrogen) atoms. The Morgan fingerprint density at radius 3 is 2.58 bits per heavy atom. The summed E-state index contributed by atoms with van der Waals surface area (Å²) in [5.74, 6) is 0. The van der Waals surface area contributed by atoms with Gasteiger partial charge in [0, 0.05) is 15.4 Å². The standard InChI is InChI=1S/C9H8Br2O/c10-8-4-3-7(2-1-5-12)6-9(8)11/h3-6H,1-2H2. The molecule has 0 unspecified atom stereocenters. The Bertz CT molecular complexity index is 284. The van der Waals surface area contributed by atoms with Gasteiger partial charge in [0.1, 0.15) is 6.29 Å². The van der Waals surface area contributed by atoms with Gasteiger partial charge in [0.05, 0.1) is 0 Å². The lowest BCUT2D eigenvalue weighted by Gasteiger charge is -2.00. The Kier molecular flexibility index (Phi) is 3.95. The minimum Gasteiger partial charge on any atom is -0.303 e. The van der Waals surface area contributed by atoms with E-state index in [1.807, 2.05) is 18.2 Å². The van der Waals surface area contributed by atoms with E-state index in [9.17, 15) is 4.79 Å². The number of aldehydes is 1. The number of hydrogen-bond donors (Lipinski definition) is 0. The molecule has 3 heteroatoms. The molecule has 0 N–H and O–H groups in total. The molecule has 0 atom stereocenters. The first-order chi connectivity index (χ1) is 5.74.